The molecule has 3 aromatic rings. The second-order valence-corrected chi connectivity index (χ2v) is 7.71. The van der Waals surface area contributed by atoms with Gasteiger partial charge in [-0.1, -0.05) is 74.2 Å². The van der Waals surface area contributed by atoms with Crippen molar-refractivity contribution >= 4 is 16.8 Å². The monoisotopic (exact) mass is 374 g/mol. The zero-order valence-electron chi connectivity index (χ0n) is 17.4. The normalized spacial score (nSPS) is 12.1. The Morgan fingerprint density at radius 1 is 1.04 bits per heavy atom. The standard InChI is InChI=1S/C25H30N2O/c1-5-6-7-10-18(3)26-25(28)23-19(4)24(20-15-13-17(2)14-16-20)27-22-12-9-8-11-21(22)23/h8-9,11-16,18H,5-7,10H2,1-4H3,(H,26,28). The van der Waals surface area contributed by atoms with Crippen LogP contribution in [0.15, 0.2) is 48.5 Å². The number of hydrogen-bond acceptors (Lipinski definition) is 2. The molecule has 28 heavy (non-hydrogen) atoms. The second kappa shape index (κ2) is 9.01. The fourth-order valence-corrected chi connectivity index (χ4v) is 3.66. The van der Waals surface area contributed by atoms with Crippen molar-refractivity contribution in [3.63, 3.8) is 0 Å². The molecule has 1 heterocycles. The SMILES string of the molecule is CCCCCC(C)NC(=O)c1c(C)c(-c2ccc(C)cc2)nc2ccccc12. The molecule has 0 aliphatic rings. The van der Waals surface area contributed by atoms with Crippen LogP contribution in [0.5, 0.6) is 0 Å². The molecule has 1 unspecified atom stereocenters. The van der Waals surface area contributed by atoms with E-state index in [0.717, 1.165) is 46.1 Å². The number of aromatic nitrogens is 1. The Morgan fingerprint density at radius 3 is 2.46 bits per heavy atom. The Labute approximate surface area is 168 Å². The lowest BCUT2D eigenvalue weighted by molar-refractivity contribution is 0.0939. The average molecular weight is 375 g/mol. The molecule has 1 atom stereocenters. The van der Waals surface area contributed by atoms with Gasteiger partial charge in [0.15, 0.2) is 0 Å². The molecule has 1 aromatic heterocycles. The molecule has 0 aliphatic heterocycles. The first-order valence-corrected chi connectivity index (χ1v) is 10.3. The highest BCUT2D eigenvalue weighted by Gasteiger charge is 2.20. The molecule has 0 saturated heterocycles. The van der Waals surface area contributed by atoms with Gasteiger partial charge in [0, 0.05) is 17.0 Å². The number of carbonyl (C=O) groups is 1. The fraction of sp³-hybridized carbons (Fsp3) is 0.360. The summed E-state index contributed by atoms with van der Waals surface area (Å²) in [6.07, 6.45) is 4.54. The summed E-state index contributed by atoms with van der Waals surface area (Å²) in [6.45, 7) is 8.37. The van der Waals surface area contributed by atoms with E-state index in [9.17, 15) is 4.79 Å². The number of carbonyl (C=O) groups excluding carboxylic acids is 1. The predicted molar refractivity (Wildman–Crippen MR) is 118 cm³/mol. The van der Waals surface area contributed by atoms with E-state index in [1.807, 2.05) is 31.2 Å². The van der Waals surface area contributed by atoms with Gasteiger partial charge in [0.25, 0.3) is 5.91 Å². The molecule has 2 aromatic carbocycles. The third-order valence-electron chi connectivity index (χ3n) is 5.31. The third kappa shape index (κ3) is 4.41. The molecule has 3 rings (SSSR count). The minimum Gasteiger partial charge on any atom is -0.350 e. The molecule has 1 amide bonds. The Balaban J connectivity index is 2.01. The summed E-state index contributed by atoms with van der Waals surface area (Å²) in [5.41, 5.74) is 5.65. The van der Waals surface area contributed by atoms with E-state index in [0.29, 0.717) is 0 Å². The highest BCUT2D eigenvalue weighted by molar-refractivity contribution is 6.09. The lowest BCUT2D eigenvalue weighted by Gasteiger charge is -2.18. The Bertz CT molecular complexity index is 960. The predicted octanol–water partition coefficient (Wildman–Crippen LogP) is 6.22. The van der Waals surface area contributed by atoms with Crippen molar-refractivity contribution < 1.29 is 4.79 Å². The molecular formula is C25H30N2O. The summed E-state index contributed by atoms with van der Waals surface area (Å²) in [5, 5.41) is 4.12. The maximum absolute atomic E-state index is 13.2. The number of hydrogen-bond donors (Lipinski definition) is 1. The third-order valence-corrected chi connectivity index (χ3v) is 5.31. The summed E-state index contributed by atoms with van der Waals surface area (Å²) >= 11 is 0. The summed E-state index contributed by atoms with van der Waals surface area (Å²) in [7, 11) is 0. The average Bonchev–Trinajstić information content (AvgIpc) is 2.68. The largest absolute Gasteiger partial charge is 0.350 e. The van der Waals surface area contributed by atoms with Crippen LogP contribution in [-0.4, -0.2) is 16.9 Å². The zero-order chi connectivity index (χ0) is 20.1. The van der Waals surface area contributed by atoms with Gasteiger partial charge in [-0.05, 0) is 38.8 Å². The number of unbranched alkanes of at least 4 members (excludes halogenated alkanes) is 2. The van der Waals surface area contributed by atoms with Crippen LogP contribution in [0.25, 0.3) is 22.2 Å². The minimum absolute atomic E-state index is 0.00606. The summed E-state index contributed by atoms with van der Waals surface area (Å²) < 4.78 is 0. The lowest BCUT2D eigenvalue weighted by Crippen LogP contribution is -2.33. The van der Waals surface area contributed by atoms with Crippen molar-refractivity contribution in [2.45, 2.75) is 59.4 Å². The van der Waals surface area contributed by atoms with Gasteiger partial charge in [0.2, 0.25) is 0 Å². The van der Waals surface area contributed by atoms with Gasteiger partial charge in [0.05, 0.1) is 16.8 Å². The Kier molecular flexibility index (Phi) is 6.45. The molecule has 1 N–H and O–H groups in total. The van der Waals surface area contributed by atoms with E-state index in [1.165, 1.54) is 18.4 Å². The molecule has 3 nitrogen and oxygen atoms in total. The van der Waals surface area contributed by atoms with Crippen molar-refractivity contribution in [3.05, 3.63) is 65.2 Å². The molecule has 0 radical (unpaired) electrons. The van der Waals surface area contributed by atoms with E-state index in [1.54, 1.807) is 0 Å². The number of nitrogens with zero attached hydrogens (tertiary/aromatic N) is 1. The highest BCUT2D eigenvalue weighted by atomic mass is 16.1. The van der Waals surface area contributed by atoms with Crippen LogP contribution in [-0.2, 0) is 0 Å². The minimum atomic E-state index is -0.00606. The first-order valence-electron chi connectivity index (χ1n) is 10.3. The van der Waals surface area contributed by atoms with Gasteiger partial charge in [-0.25, -0.2) is 4.98 Å². The van der Waals surface area contributed by atoms with Gasteiger partial charge >= 0.3 is 0 Å². The number of pyridine rings is 1. The van der Waals surface area contributed by atoms with Crippen LogP contribution in [0, 0.1) is 13.8 Å². The topological polar surface area (TPSA) is 42.0 Å². The van der Waals surface area contributed by atoms with E-state index in [2.05, 4.69) is 50.4 Å². The maximum atomic E-state index is 13.2. The summed E-state index contributed by atoms with van der Waals surface area (Å²) in [5.74, 6) is -0.00606. The van der Waals surface area contributed by atoms with Gasteiger partial charge in [-0.2, -0.15) is 0 Å². The molecule has 3 heteroatoms. The first-order chi connectivity index (χ1) is 13.5. The van der Waals surface area contributed by atoms with Crippen LogP contribution in [0.1, 0.15) is 61.0 Å². The van der Waals surface area contributed by atoms with E-state index in [4.69, 9.17) is 4.98 Å². The number of aryl methyl sites for hydroxylation is 1. The molecule has 146 valence electrons. The van der Waals surface area contributed by atoms with E-state index in [-0.39, 0.29) is 11.9 Å². The second-order valence-electron chi connectivity index (χ2n) is 7.71. The van der Waals surface area contributed by atoms with Gasteiger partial charge < -0.3 is 5.32 Å². The lowest BCUT2D eigenvalue weighted by atomic mass is 9.96. The van der Waals surface area contributed by atoms with Crippen molar-refractivity contribution in [1.82, 2.24) is 10.3 Å². The number of nitrogens with one attached hydrogen (secondary N) is 1. The number of benzene rings is 2. The smallest absolute Gasteiger partial charge is 0.252 e. The summed E-state index contributed by atoms with van der Waals surface area (Å²) in [4.78, 5) is 18.1. The number of fused-ring (bicyclic) bond motifs is 1. The molecule has 0 bridgehead atoms. The quantitative estimate of drug-likeness (QED) is 0.499. The molecule has 0 spiro atoms. The van der Waals surface area contributed by atoms with Crippen molar-refractivity contribution in [3.8, 4) is 11.3 Å². The molecular weight excluding hydrogens is 344 g/mol. The van der Waals surface area contributed by atoms with Gasteiger partial charge in [0.1, 0.15) is 0 Å². The molecule has 0 aliphatic carbocycles. The Morgan fingerprint density at radius 2 is 1.75 bits per heavy atom. The fourth-order valence-electron chi connectivity index (χ4n) is 3.66. The van der Waals surface area contributed by atoms with E-state index < -0.39 is 0 Å². The molecule has 0 saturated carbocycles. The van der Waals surface area contributed by atoms with Crippen LogP contribution in [0.2, 0.25) is 0 Å². The molecule has 0 fully saturated rings. The van der Waals surface area contributed by atoms with Crippen molar-refractivity contribution in [1.29, 1.82) is 0 Å². The van der Waals surface area contributed by atoms with Gasteiger partial charge in [-0.15, -0.1) is 0 Å². The first kappa shape index (κ1) is 20.1. The van der Waals surface area contributed by atoms with Crippen LogP contribution in [0.4, 0.5) is 0 Å². The number of rotatable bonds is 7. The summed E-state index contributed by atoms with van der Waals surface area (Å²) in [6, 6.07) is 16.4. The van der Waals surface area contributed by atoms with Crippen molar-refractivity contribution in [2.75, 3.05) is 0 Å². The zero-order valence-corrected chi connectivity index (χ0v) is 17.4. The maximum Gasteiger partial charge on any atom is 0.252 e. The Hall–Kier alpha value is -2.68. The number of para-hydroxylation sites is 1. The highest BCUT2D eigenvalue weighted by Crippen LogP contribution is 2.30. The van der Waals surface area contributed by atoms with Crippen molar-refractivity contribution in [2.24, 2.45) is 0 Å². The van der Waals surface area contributed by atoms with Crippen LogP contribution in [0.3, 0.4) is 0 Å². The van der Waals surface area contributed by atoms with Crippen LogP contribution < -0.4 is 5.32 Å². The number of amides is 1. The van der Waals surface area contributed by atoms with Crippen LogP contribution >= 0.6 is 0 Å². The van der Waals surface area contributed by atoms with Gasteiger partial charge in [-0.3, -0.25) is 4.79 Å². The van der Waals surface area contributed by atoms with E-state index >= 15 is 0 Å².